The van der Waals surface area contributed by atoms with Crippen molar-refractivity contribution in [3.8, 4) is 0 Å². The Kier molecular flexibility index (Phi) is 5.79. The minimum absolute atomic E-state index is 0.00333. The van der Waals surface area contributed by atoms with Crippen molar-refractivity contribution in [1.29, 1.82) is 0 Å². The Morgan fingerprint density at radius 3 is 2.71 bits per heavy atom. The first-order valence-electron chi connectivity index (χ1n) is 11.4. The van der Waals surface area contributed by atoms with E-state index in [-0.39, 0.29) is 23.5 Å². The summed E-state index contributed by atoms with van der Waals surface area (Å²) in [7, 11) is 0. The van der Waals surface area contributed by atoms with Gasteiger partial charge in [0.05, 0.1) is 16.7 Å². The fourth-order valence-corrected chi connectivity index (χ4v) is 4.48. The average Bonchev–Trinajstić information content (AvgIpc) is 3.30. The SMILES string of the molecule is CC(C)NC(=O)c1ccc(N2CCN(Cc3cnc4c(c3)[nH]c(=O)n3cccc43)CC2)c(F)c1. The molecular weight excluding hydrogens is 435 g/mol. The number of carbonyl (C=O) groups is 1. The standard InChI is InChI=1S/C25H27FN6O2/c1-16(2)28-24(33)18-5-6-21(19(26)13-18)31-10-8-30(9-11-31)15-17-12-20-23(27-14-17)22-4-3-7-32(22)25(34)29-20/h3-7,12-14,16H,8-11,15H2,1-2H3,(H,28,33)(H,29,34). The first-order valence-corrected chi connectivity index (χ1v) is 11.4. The molecule has 0 saturated carbocycles. The number of carbonyl (C=O) groups excluding carboxylic acids is 1. The van der Waals surface area contributed by atoms with Crippen LogP contribution in [-0.4, -0.2) is 57.4 Å². The van der Waals surface area contributed by atoms with Crippen molar-refractivity contribution in [2.75, 3.05) is 31.1 Å². The van der Waals surface area contributed by atoms with Gasteiger partial charge in [0.25, 0.3) is 5.91 Å². The maximum Gasteiger partial charge on any atom is 0.330 e. The van der Waals surface area contributed by atoms with Crippen LogP contribution in [0, 0.1) is 5.82 Å². The lowest BCUT2D eigenvalue weighted by molar-refractivity contribution is 0.0942. The fraction of sp³-hybridized carbons (Fsp3) is 0.320. The molecule has 1 aromatic carbocycles. The van der Waals surface area contributed by atoms with Crippen molar-refractivity contribution >= 4 is 28.1 Å². The minimum Gasteiger partial charge on any atom is -0.367 e. The number of piperazine rings is 1. The molecule has 3 aromatic heterocycles. The van der Waals surface area contributed by atoms with Gasteiger partial charge in [0.15, 0.2) is 0 Å². The highest BCUT2D eigenvalue weighted by molar-refractivity contribution is 5.94. The van der Waals surface area contributed by atoms with Crippen molar-refractivity contribution < 1.29 is 9.18 Å². The van der Waals surface area contributed by atoms with Gasteiger partial charge in [-0.3, -0.25) is 19.1 Å². The summed E-state index contributed by atoms with van der Waals surface area (Å²) in [6.07, 6.45) is 3.57. The van der Waals surface area contributed by atoms with Crippen LogP contribution in [0.3, 0.4) is 0 Å². The van der Waals surface area contributed by atoms with Crippen LogP contribution in [0.1, 0.15) is 29.8 Å². The van der Waals surface area contributed by atoms with Crippen molar-refractivity contribution in [3.05, 3.63) is 76.2 Å². The molecule has 2 N–H and O–H groups in total. The molecule has 5 rings (SSSR count). The van der Waals surface area contributed by atoms with Crippen LogP contribution in [0.2, 0.25) is 0 Å². The van der Waals surface area contributed by atoms with Crippen molar-refractivity contribution in [2.45, 2.75) is 26.4 Å². The van der Waals surface area contributed by atoms with Gasteiger partial charge < -0.3 is 15.2 Å². The Morgan fingerprint density at radius 2 is 1.97 bits per heavy atom. The molecule has 8 nitrogen and oxygen atoms in total. The number of pyridine rings is 1. The van der Waals surface area contributed by atoms with E-state index in [1.807, 2.05) is 43.1 Å². The van der Waals surface area contributed by atoms with E-state index < -0.39 is 0 Å². The Balaban J connectivity index is 1.25. The summed E-state index contributed by atoms with van der Waals surface area (Å²) < 4.78 is 16.3. The van der Waals surface area contributed by atoms with Crippen LogP contribution in [0.4, 0.5) is 10.1 Å². The van der Waals surface area contributed by atoms with E-state index in [0.29, 0.717) is 30.9 Å². The molecule has 0 aliphatic carbocycles. The predicted octanol–water partition coefficient (Wildman–Crippen LogP) is 2.78. The zero-order chi connectivity index (χ0) is 23.8. The molecule has 1 amide bonds. The van der Waals surface area contributed by atoms with Gasteiger partial charge in [-0.1, -0.05) is 0 Å². The molecule has 0 unspecified atom stereocenters. The van der Waals surface area contributed by atoms with Gasteiger partial charge in [-0.15, -0.1) is 0 Å². The Bertz CT molecular complexity index is 1420. The van der Waals surface area contributed by atoms with Gasteiger partial charge in [-0.2, -0.15) is 0 Å². The third kappa shape index (κ3) is 4.26. The lowest BCUT2D eigenvalue weighted by Crippen LogP contribution is -2.46. The molecule has 4 heterocycles. The summed E-state index contributed by atoms with van der Waals surface area (Å²) in [6, 6.07) is 10.4. The van der Waals surface area contributed by atoms with Gasteiger partial charge in [0, 0.05) is 56.7 Å². The number of hydrogen-bond acceptors (Lipinski definition) is 5. The van der Waals surface area contributed by atoms with Crippen LogP contribution >= 0.6 is 0 Å². The number of rotatable bonds is 5. The first kappa shape index (κ1) is 22.1. The van der Waals surface area contributed by atoms with Crippen molar-refractivity contribution in [3.63, 3.8) is 0 Å². The fourth-order valence-electron chi connectivity index (χ4n) is 4.48. The number of H-pyrrole nitrogens is 1. The van der Waals surface area contributed by atoms with E-state index in [1.54, 1.807) is 22.7 Å². The Labute approximate surface area is 196 Å². The largest absolute Gasteiger partial charge is 0.367 e. The summed E-state index contributed by atoms with van der Waals surface area (Å²) >= 11 is 0. The van der Waals surface area contributed by atoms with E-state index in [9.17, 15) is 14.0 Å². The second-order valence-corrected chi connectivity index (χ2v) is 8.99. The Morgan fingerprint density at radius 1 is 1.18 bits per heavy atom. The van der Waals surface area contributed by atoms with Gasteiger partial charge in [0.1, 0.15) is 11.3 Å². The van der Waals surface area contributed by atoms with Crippen LogP contribution in [0.15, 0.2) is 53.6 Å². The molecule has 34 heavy (non-hydrogen) atoms. The number of hydrogen-bond donors (Lipinski definition) is 2. The first-order chi connectivity index (χ1) is 16.4. The van der Waals surface area contributed by atoms with E-state index in [1.165, 1.54) is 6.07 Å². The van der Waals surface area contributed by atoms with Crippen LogP contribution < -0.4 is 15.9 Å². The zero-order valence-corrected chi connectivity index (χ0v) is 19.2. The maximum atomic E-state index is 14.8. The van der Waals surface area contributed by atoms with E-state index in [0.717, 1.165) is 35.2 Å². The van der Waals surface area contributed by atoms with Crippen LogP contribution in [0.5, 0.6) is 0 Å². The van der Waals surface area contributed by atoms with Crippen LogP contribution in [-0.2, 0) is 6.54 Å². The molecular formula is C25H27FN6O2. The number of benzene rings is 1. The number of aromatic amines is 1. The van der Waals surface area contributed by atoms with Crippen molar-refractivity contribution in [2.24, 2.45) is 0 Å². The number of nitrogens with one attached hydrogen (secondary N) is 2. The molecule has 1 aliphatic heterocycles. The monoisotopic (exact) mass is 462 g/mol. The number of amides is 1. The predicted molar refractivity (Wildman–Crippen MR) is 130 cm³/mol. The number of anilines is 1. The molecule has 1 aliphatic rings. The molecule has 1 saturated heterocycles. The number of fused-ring (bicyclic) bond motifs is 3. The smallest absolute Gasteiger partial charge is 0.330 e. The molecule has 9 heteroatoms. The molecule has 0 radical (unpaired) electrons. The lowest BCUT2D eigenvalue weighted by Gasteiger charge is -2.36. The van der Waals surface area contributed by atoms with Gasteiger partial charge >= 0.3 is 5.69 Å². The molecule has 1 fully saturated rings. The quantitative estimate of drug-likeness (QED) is 0.476. The topological polar surface area (TPSA) is 85.7 Å². The number of aromatic nitrogens is 3. The summed E-state index contributed by atoms with van der Waals surface area (Å²) in [5.74, 6) is -0.655. The molecule has 0 bridgehead atoms. The zero-order valence-electron chi connectivity index (χ0n) is 19.2. The van der Waals surface area contributed by atoms with Gasteiger partial charge in [0.2, 0.25) is 0 Å². The summed E-state index contributed by atoms with van der Waals surface area (Å²) in [6.45, 7) is 7.32. The van der Waals surface area contributed by atoms with Gasteiger partial charge in [-0.05, 0) is 55.8 Å². The summed E-state index contributed by atoms with van der Waals surface area (Å²) in [4.78, 5) is 36.2. The Hall–Kier alpha value is -3.72. The van der Waals surface area contributed by atoms with E-state index in [2.05, 4.69) is 20.2 Å². The summed E-state index contributed by atoms with van der Waals surface area (Å²) in [5, 5.41) is 2.78. The lowest BCUT2D eigenvalue weighted by atomic mass is 10.1. The highest BCUT2D eigenvalue weighted by Crippen LogP contribution is 2.23. The number of halogens is 1. The highest BCUT2D eigenvalue weighted by atomic mass is 19.1. The highest BCUT2D eigenvalue weighted by Gasteiger charge is 2.21. The maximum absolute atomic E-state index is 14.8. The molecule has 4 aromatic rings. The number of nitrogens with zero attached hydrogens (tertiary/aromatic N) is 4. The van der Waals surface area contributed by atoms with E-state index >= 15 is 0 Å². The molecule has 0 spiro atoms. The normalized spacial score (nSPS) is 14.9. The van der Waals surface area contributed by atoms with Crippen LogP contribution in [0.25, 0.3) is 16.6 Å². The average molecular weight is 463 g/mol. The minimum atomic E-state index is -0.385. The third-order valence-electron chi connectivity index (χ3n) is 6.14. The van der Waals surface area contributed by atoms with E-state index in [4.69, 9.17) is 0 Å². The second kappa shape index (κ2) is 8.90. The molecule has 176 valence electrons. The molecule has 0 atom stereocenters. The summed E-state index contributed by atoms with van der Waals surface area (Å²) in [5.41, 5.74) is 3.94. The van der Waals surface area contributed by atoms with Gasteiger partial charge in [-0.25, -0.2) is 9.18 Å². The van der Waals surface area contributed by atoms with Crippen molar-refractivity contribution in [1.82, 2.24) is 24.6 Å². The second-order valence-electron chi connectivity index (χ2n) is 8.99. The third-order valence-corrected chi connectivity index (χ3v) is 6.14.